The van der Waals surface area contributed by atoms with Crippen molar-refractivity contribution >= 4 is 5.91 Å². The highest BCUT2D eigenvalue weighted by Crippen LogP contribution is 2.51. The number of hydrogen-bond donors (Lipinski definition) is 2. The second-order valence-electron chi connectivity index (χ2n) is 4.62. The smallest absolute Gasteiger partial charge is 0.221 e. The van der Waals surface area contributed by atoms with Crippen molar-refractivity contribution < 1.29 is 4.79 Å². The van der Waals surface area contributed by atoms with E-state index >= 15 is 0 Å². The summed E-state index contributed by atoms with van der Waals surface area (Å²) in [6.07, 6.45) is 3.28. The number of carbonyl (C=O) groups is 1. The van der Waals surface area contributed by atoms with Gasteiger partial charge in [-0.3, -0.25) is 4.79 Å². The first kappa shape index (κ1) is 11.5. The fraction of sp³-hybridized carbons (Fsp3) is 0.909. The first-order chi connectivity index (χ1) is 6.60. The van der Waals surface area contributed by atoms with Gasteiger partial charge in [0, 0.05) is 26.6 Å². The Balaban J connectivity index is 2.07. The summed E-state index contributed by atoms with van der Waals surface area (Å²) in [5, 5.41) is 6.00. The van der Waals surface area contributed by atoms with Gasteiger partial charge in [0.15, 0.2) is 0 Å². The lowest BCUT2D eigenvalue weighted by Crippen LogP contribution is -2.31. The molecule has 0 atom stereocenters. The highest BCUT2D eigenvalue weighted by atomic mass is 16.1. The van der Waals surface area contributed by atoms with Crippen LogP contribution in [-0.4, -0.2) is 26.0 Å². The zero-order valence-electron chi connectivity index (χ0n) is 9.52. The fourth-order valence-corrected chi connectivity index (χ4v) is 1.78. The van der Waals surface area contributed by atoms with Gasteiger partial charge in [0.1, 0.15) is 0 Å². The van der Waals surface area contributed by atoms with Crippen molar-refractivity contribution in [1.82, 2.24) is 10.6 Å². The zero-order chi connectivity index (χ0) is 10.6. The Kier molecular flexibility index (Phi) is 3.93. The van der Waals surface area contributed by atoms with Gasteiger partial charge < -0.3 is 10.6 Å². The summed E-state index contributed by atoms with van der Waals surface area (Å²) in [7, 11) is 1.68. The maximum atomic E-state index is 10.9. The van der Waals surface area contributed by atoms with Crippen LogP contribution in [0.2, 0.25) is 0 Å². The van der Waals surface area contributed by atoms with Crippen LogP contribution >= 0.6 is 0 Å². The summed E-state index contributed by atoms with van der Waals surface area (Å²) < 4.78 is 0. The summed E-state index contributed by atoms with van der Waals surface area (Å²) in [5.74, 6) is 0.877. The maximum absolute atomic E-state index is 10.9. The van der Waals surface area contributed by atoms with Crippen LogP contribution < -0.4 is 10.6 Å². The topological polar surface area (TPSA) is 41.1 Å². The van der Waals surface area contributed by atoms with Crippen molar-refractivity contribution in [2.24, 2.45) is 11.3 Å². The Morgan fingerprint density at radius 2 is 2.07 bits per heavy atom. The minimum absolute atomic E-state index is 0.117. The molecule has 0 radical (unpaired) electrons. The second-order valence-corrected chi connectivity index (χ2v) is 4.62. The molecule has 0 aromatic rings. The Bertz CT molecular complexity index is 197. The van der Waals surface area contributed by atoms with Crippen LogP contribution in [0, 0.1) is 11.3 Å². The summed E-state index contributed by atoms with van der Waals surface area (Å²) >= 11 is 0. The number of hydrogen-bond acceptors (Lipinski definition) is 2. The van der Waals surface area contributed by atoms with Gasteiger partial charge in [-0.2, -0.15) is 0 Å². The Hall–Kier alpha value is -0.570. The highest BCUT2D eigenvalue weighted by molar-refractivity contribution is 5.75. The van der Waals surface area contributed by atoms with Crippen molar-refractivity contribution in [1.29, 1.82) is 0 Å². The summed E-state index contributed by atoms with van der Waals surface area (Å²) in [4.78, 5) is 10.9. The third-order valence-electron chi connectivity index (χ3n) is 3.40. The van der Waals surface area contributed by atoms with Gasteiger partial charge in [0.05, 0.1) is 0 Å². The number of carbonyl (C=O) groups excluding carboxylic acids is 1. The predicted molar refractivity (Wildman–Crippen MR) is 58.1 cm³/mol. The van der Waals surface area contributed by atoms with Crippen LogP contribution in [-0.2, 0) is 4.79 Å². The number of nitrogens with one attached hydrogen (secondary N) is 2. The molecule has 3 heteroatoms. The van der Waals surface area contributed by atoms with Crippen LogP contribution in [0.5, 0.6) is 0 Å². The Morgan fingerprint density at radius 3 is 2.50 bits per heavy atom. The predicted octanol–water partition coefficient (Wildman–Crippen LogP) is 1.15. The fourth-order valence-electron chi connectivity index (χ4n) is 1.78. The van der Waals surface area contributed by atoms with Gasteiger partial charge in [-0.15, -0.1) is 0 Å². The van der Waals surface area contributed by atoms with E-state index in [1.54, 1.807) is 7.05 Å². The van der Waals surface area contributed by atoms with Crippen molar-refractivity contribution in [3.8, 4) is 0 Å². The molecule has 0 unspecified atom stereocenters. The third kappa shape index (κ3) is 2.98. The maximum Gasteiger partial charge on any atom is 0.221 e. The average Bonchev–Trinajstić information content (AvgIpc) is 2.93. The Morgan fingerprint density at radius 1 is 1.43 bits per heavy atom. The molecule has 1 aliphatic rings. The van der Waals surface area contributed by atoms with E-state index in [2.05, 4.69) is 24.5 Å². The van der Waals surface area contributed by atoms with E-state index in [0.29, 0.717) is 11.8 Å². The molecule has 2 N–H and O–H groups in total. The van der Waals surface area contributed by atoms with E-state index in [-0.39, 0.29) is 5.91 Å². The van der Waals surface area contributed by atoms with Crippen molar-refractivity contribution in [3.63, 3.8) is 0 Å². The molecule has 0 aliphatic heterocycles. The molecule has 0 bridgehead atoms. The van der Waals surface area contributed by atoms with Gasteiger partial charge in [0.25, 0.3) is 0 Å². The van der Waals surface area contributed by atoms with Crippen LogP contribution in [0.25, 0.3) is 0 Å². The SMILES string of the molecule is CNC(=O)CCNCC1(C(C)C)CC1. The first-order valence-corrected chi connectivity index (χ1v) is 5.52. The molecule has 1 saturated carbocycles. The Labute approximate surface area is 86.6 Å². The van der Waals surface area contributed by atoms with Gasteiger partial charge >= 0.3 is 0 Å². The number of rotatable bonds is 6. The van der Waals surface area contributed by atoms with Gasteiger partial charge in [-0.05, 0) is 24.2 Å². The van der Waals surface area contributed by atoms with E-state index < -0.39 is 0 Å². The molecule has 14 heavy (non-hydrogen) atoms. The first-order valence-electron chi connectivity index (χ1n) is 5.52. The molecule has 1 fully saturated rings. The van der Waals surface area contributed by atoms with E-state index in [1.807, 2.05) is 0 Å². The van der Waals surface area contributed by atoms with Crippen LogP contribution in [0.1, 0.15) is 33.1 Å². The lowest BCUT2D eigenvalue weighted by atomic mass is 9.92. The van der Waals surface area contributed by atoms with Gasteiger partial charge in [0.2, 0.25) is 5.91 Å². The molecule has 0 heterocycles. The van der Waals surface area contributed by atoms with E-state index in [9.17, 15) is 4.79 Å². The van der Waals surface area contributed by atoms with Crippen molar-refractivity contribution in [3.05, 3.63) is 0 Å². The van der Waals surface area contributed by atoms with Gasteiger partial charge in [-0.1, -0.05) is 13.8 Å². The second kappa shape index (κ2) is 4.78. The number of amides is 1. The molecular formula is C11H22N2O. The zero-order valence-corrected chi connectivity index (χ0v) is 9.52. The van der Waals surface area contributed by atoms with Crippen LogP contribution in [0.15, 0.2) is 0 Å². The molecule has 1 rings (SSSR count). The molecule has 0 saturated heterocycles. The van der Waals surface area contributed by atoms with E-state index in [4.69, 9.17) is 0 Å². The quantitative estimate of drug-likeness (QED) is 0.629. The minimum Gasteiger partial charge on any atom is -0.359 e. The highest BCUT2D eigenvalue weighted by Gasteiger charge is 2.44. The van der Waals surface area contributed by atoms with Crippen molar-refractivity contribution in [2.75, 3.05) is 20.1 Å². The van der Waals surface area contributed by atoms with Crippen LogP contribution in [0.3, 0.4) is 0 Å². The van der Waals surface area contributed by atoms with Crippen LogP contribution in [0.4, 0.5) is 0 Å². The molecule has 82 valence electrons. The van der Waals surface area contributed by atoms with Crippen molar-refractivity contribution in [2.45, 2.75) is 33.1 Å². The third-order valence-corrected chi connectivity index (χ3v) is 3.40. The summed E-state index contributed by atoms with van der Waals surface area (Å²) in [5.41, 5.74) is 0.544. The van der Waals surface area contributed by atoms with E-state index in [0.717, 1.165) is 19.0 Å². The molecule has 3 nitrogen and oxygen atoms in total. The average molecular weight is 198 g/mol. The molecule has 0 spiro atoms. The lowest BCUT2D eigenvalue weighted by molar-refractivity contribution is -0.120. The summed E-state index contributed by atoms with van der Waals surface area (Å²) in [6, 6.07) is 0. The monoisotopic (exact) mass is 198 g/mol. The lowest BCUT2D eigenvalue weighted by Gasteiger charge is -2.19. The molecule has 1 amide bonds. The largest absolute Gasteiger partial charge is 0.359 e. The standard InChI is InChI=1S/C11H22N2O/c1-9(2)11(5-6-11)8-13-7-4-10(14)12-3/h9,13H,4-8H2,1-3H3,(H,12,14). The molecule has 1 aliphatic carbocycles. The molecule has 0 aromatic carbocycles. The van der Waals surface area contributed by atoms with Gasteiger partial charge in [-0.25, -0.2) is 0 Å². The molecule has 0 aromatic heterocycles. The normalized spacial score (nSPS) is 18.3. The summed E-state index contributed by atoms with van der Waals surface area (Å²) in [6.45, 7) is 6.44. The molecular weight excluding hydrogens is 176 g/mol. The minimum atomic E-state index is 0.117. The van der Waals surface area contributed by atoms with E-state index in [1.165, 1.54) is 12.8 Å².